The van der Waals surface area contributed by atoms with Crippen molar-refractivity contribution >= 4 is 46.8 Å². The molecule has 0 amide bonds. The fraction of sp³-hybridized carbons (Fsp3) is 0.120. The second-order valence-corrected chi connectivity index (χ2v) is 8.25. The van der Waals surface area contributed by atoms with Crippen LogP contribution < -0.4 is 9.47 Å². The molecule has 0 unspecified atom stereocenters. The number of nitrogens with zero attached hydrogens (tertiary/aromatic N) is 2. The number of nitro benzene ring substituents is 1. The van der Waals surface area contributed by atoms with Crippen LogP contribution in [0.4, 0.5) is 10.1 Å². The van der Waals surface area contributed by atoms with Gasteiger partial charge in [0.15, 0.2) is 17.2 Å². The van der Waals surface area contributed by atoms with E-state index < -0.39 is 10.9 Å². The molecule has 3 aromatic carbocycles. The first-order valence-electron chi connectivity index (χ1n) is 10.6. The fourth-order valence-corrected chi connectivity index (χ4v) is 3.81. The second kappa shape index (κ2) is 10.8. The molecule has 0 aromatic heterocycles. The number of aliphatic imine (C=N–C) groups is 1. The number of rotatable bonds is 8. The normalized spacial score (nSPS) is 13.9. The van der Waals surface area contributed by atoms with E-state index in [1.165, 1.54) is 30.3 Å². The summed E-state index contributed by atoms with van der Waals surface area (Å²) in [6.07, 6.45) is 1.45. The summed E-state index contributed by atoms with van der Waals surface area (Å²) in [5, 5.41) is 11.2. The molecule has 0 bridgehead atoms. The van der Waals surface area contributed by atoms with E-state index in [0.29, 0.717) is 23.7 Å². The van der Waals surface area contributed by atoms with E-state index >= 15 is 0 Å². The standard InChI is InChI=1S/C25H17Cl2FN2O6/c1-2-34-22-11-15(9-20(27)23(22)35-13-14-3-5-16(28)6-4-14)10-21-25(31)36-24(29-21)18-8-7-17(30(32)33)12-19(18)26/h3-12H,2,13H2,1H3/b21-10-. The minimum atomic E-state index is -0.731. The van der Waals surface area contributed by atoms with Crippen LogP contribution in [0.3, 0.4) is 0 Å². The maximum Gasteiger partial charge on any atom is 0.363 e. The lowest BCUT2D eigenvalue weighted by Gasteiger charge is -2.14. The molecule has 184 valence electrons. The number of benzene rings is 3. The average Bonchev–Trinajstić information content (AvgIpc) is 3.19. The van der Waals surface area contributed by atoms with Gasteiger partial charge in [0.2, 0.25) is 5.90 Å². The second-order valence-electron chi connectivity index (χ2n) is 7.44. The van der Waals surface area contributed by atoms with Crippen LogP contribution in [0, 0.1) is 15.9 Å². The number of halogens is 3. The molecular formula is C25H17Cl2FN2O6. The van der Waals surface area contributed by atoms with Gasteiger partial charge in [-0.1, -0.05) is 35.3 Å². The van der Waals surface area contributed by atoms with Crippen LogP contribution in [-0.2, 0) is 16.1 Å². The monoisotopic (exact) mass is 530 g/mol. The highest BCUT2D eigenvalue weighted by Gasteiger charge is 2.27. The van der Waals surface area contributed by atoms with Crippen LogP contribution in [0.15, 0.2) is 65.3 Å². The molecule has 0 spiro atoms. The molecule has 1 heterocycles. The number of nitro groups is 1. The minimum Gasteiger partial charge on any atom is -0.490 e. The van der Waals surface area contributed by atoms with Crippen molar-refractivity contribution in [2.24, 2.45) is 4.99 Å². The summed E-state index contributed by atoms with van der Waals surface area (Å²) in [4.78, 5) is 26.9. The molecule has 4 rings (SSSR count). The summed E-state index contributed by atoms with van der Waals surface area (Å²) in [7, 11) is 0. The molecule has 0 fully saturated rings. The van der Waals surface area contributed by atoms with Crippen LogP contribution in [0.5, 0.6) is 11.5 Å². The van der Waals surface area contributed by atoms with Gasteiger partial charge in [0.05, 0.1) is 27.1 Å². The lowest BCUT2D eigenvalue weighted by Crippen LogP contribution is -2.06. The van der Waals surface area contributed by atoms with Crippen molar-refractivity contribution < 1.29 is 28.3 Å². The maximum absolute atomic E-state index is 13.1. The van der Waals surface area contributed by atoms with Crippen molar-refractivity contribution in [2.45, 2.75) is 13.5 Å². The Kier molecular flexibility index (Phi) is 7.52. The molecule has 0 atom stereocenters. The van der Waals surface area contributed by atoms with Crippen molar-refractivity contribution in [2.75, 3.05) is 6.61 Å². The van der Waals surface area contributed by atoms with E-state index in [4.69, 9.17) is 37.4 Å². The number of non-ortho nitro benzene ring substituents is 1. The Morgan fingerprint density at radius 1 is 1.08 bits per heavy atom. The van der Waals surface area contributed by atoms with Crippen LogP contribution in [-0.4, -0.2) is 23.4 Å². The topological polar surface area (TPSA) is 100 Å². The zero-order valence-electron chi connectivity index (χ0n) is 18.7. The Labute approximate surface area is 214 Å². The average molecular weight is 531 g/mol. The Morgan fingerprint density at radius 3 is 2.50 bits per heavy atom. The fourth-order valence-electron chi connectivity index (χ4n) is 3.28. The van der Waals surface area contributed by atoms with Gasteiger partial charge in [-0.25, -0.2) is 14.2 Å². The number of cyclic esters (lactones) is 1. The third-order valence-electron chi connectivity index (χ3n) is 4.95. The largest absolute Gasteiger partial charge is 0.490 e. The molecule has 11 heteroatoms. The summed E-state index contributed by atoms with van der Waals surface area (Å²) < 4.78 is 29.9. The van der Waals surface area contributed by atoms with E-state index in [0.717, 1.165) is 11.6 Å². The minimum absolute atomic E-state index is 0.0151. The summed E-state index contributed by atoms with van der Waals surface area (Å²) in [6.45, 7) is 2.25. The van der Waals surface area contributed by atoms with Gasteiger partial charge in [-0.15, -0.1) is 0 Å². The van der Waals surface area contributed by atoms with Crippen LogP contribution in [0.1, 0.15) is 23.6 Å². The molecule has 1 aliphatic rings. The first-order chi connectivity index (χ1) is 17.2. The van der Waals surface area contributed by atoms with Crippen LogP contribution >= 0.6 is 23.2 Å². The lowest BCUT2D eigenvalue weighted by molar-refractivity contribution is -0.384. The lowest BCUT2D eigenvalue weighted by atomic mass is 10.1. The molecule has 0 saturated heterocycles. The van der Waals surface area contributed by atoms with Crippen molar-refractivity contribution in [3.05, 3.63) is 103 Å². The van der Waals surface area contributed by atoms with Gasteiger partial charge in [0.1, 0.15) is 12.4 Å². The van der Waals surface area contributed by atoms with Gasteiger partial charge < -0.3 is 14.2 Å². The molecule has 8 nitrogen and oxygen atoms in total. The summed E-state index contributed by atoms with van der Waals surface area (Å²) in [5.41, 5.74) is 1.23. The van der Waals surface area contributed by atoms with Gasteiger partial charge >= 0.3 is 5.97 Å². The third-order valence-corrected chi connectivity index (χ3v) is 5.54. The predicted octanol–water partition coefficient (Wildman–Crippen LogP) is 6.36. The Bertz CT molecular complexity index is 1410. The Hall–Kier alpha value is -3.95. The number of carbonyl (C=O) groups is 1. The highest BCUT2D eigenvalue weighted by atomic mass is 35.5. The molecular weight excluding hydrogens is 514 g/mol. The summed E-state index contributed by atoms with van der Waals surface area (Å²) in [6, 6.07) is 12.8. The highest BCUT2D eigenvalue weighted by molar-refractivity contribution is 6.35. The van der Waals surface area contributed by atoms with Crippen molar-refractivity contribution in [3.63, 3.8) is 0 Å². The van der Waals surface area contributed by atoms with Gasteiger partial charge in [-0.3, -0.25) is 10.1 Å². The Morgan fingerprint density at radius 2 is 1.83 bits per heavy atom. The molecule has 0 aliphatic carbocycles. The van der Waals surface area contributed by atoms with Crippen molar-refractivity contribution in [1.82, 2.24) is 0 Å². The van der Waals surface area contributed by atoms with Gasteiger partial charge in [0.25, 0.3) is 5.69 Å². The molecule has 0 saturated carbocycles. The molecule has 0 N–H and O–H groups in total. The van der Waals surface area contributed by atoms with Gasteiger partial charge in [-0.2, -0.15) is 0 Å². The van der Waals surface area contributed by atoms with Crippen LogP contribution in [0.25, 0.3) is 6.08 Å². The van der Waals surface area contributed by atoms with Crippen LogP contribution in [0.2, 0.25) is 10.0 Å². The van der Waals surface area contributed by atoms with E-state index in [2.05, 4.69) is 4.99 Å². The van der Waals surface area contributed by atoms with E-state index in [1.54, 1.807) is 31.2 Å². The maximum atomic E-state index is 13.1. The van der Waals surface area contributed by atoms with E-state index in [9.17, 15) is 19.3 Å². The molecule has 36 heavy (non-hydrogen) atoms. The van der Waals surface area contributed by atoms with E-state index in [1.807, 2.05) is 0 Å². The number of hydrogen-bond donors (Lipinski definition) is 0. The zero-order chi connectivity index (χ0) is 25.8. The van der Waals surface area contributed by atoms with E-state index in [-0.39, 0.29) is 45.3 Å². The Balaban J connectivity index is 1.61. The molecule has 0 radical (unpaired) electrons. The third kappa shape index (κ3) is 5.64. The number of hydrogen-bond acceptors (Lipinski definition) is 7. The SMILES string of the molecule is CCOc1cc(/C=C2\N=C(c3ccc([N+](=O)[O-])cc3Cl)OC2=O)cc(Cl)c1OCc1ccc(F)cc1. The zero-order valence-corrected chi connectivity index (χ0v) is 20.2. The first kappa shape index (κ1) is 25.2. The molecule has 1 aliphatic heterocycles. The van der Waals surface area contributed by atoms with Gasteiger partial charge in [-0.05, 0) is 54.5 Å². The van der Waals surface area contributed by atoms with Gasteiger partial charge in [0, 0.05) is 12.1 Å². The molecule has 3 aromatic rings. The predicted molar refractivity (Wildman–Crippen MR) is 132 cm³/mol. The first-order valence-corrected chi connectivity index (χ1v) is 11.3. The quantitative estimate of drug-likeness (QED) is 0.145. The number of ether oxygens (including phenoxy) is 3. The van der Waals surface area contributed by atoms with Crippen molar-refractivity contribution in [1.29, 1.82) is 0 Å². The number of esters is 1. The smallest absolute Gasteiger partial charge is 0.363 e. The summed E-state index contributed by atoms with van der Waals surface area (Å²) in [5.74, 6) is -0.531. The highest BCUT2D eigenvalue weighted by Crippen LogP contribution is 2.38. The summed E-state index contributed by atoms with van der Waals surface area (Å²) >= 11 is 12.6. The van der Waals surface area contributed by atoms with Crippen molar-refractivity contribution in [3.8, 4) is 11.5 Å². The number of carbonyl (C=O) groups excluding carboxylic acids is 1.